The Morgan fingerprint density at radius 2 is 2.03 bits per heavy atom. The zero-order valence-electron chi connectivity index (χ0n) is 17.4. The van der Waals surface area contributed by atoms with E-state index in [4.69, 9.17) is 4.84 Å². The lowest BCUT2D eigenvalue weighted by Crippen LogP contribution is -2.12. The minimum Gasteiger partial charge on any atom is -0.389 e. The highest BCUT2D eigenvalue weighted by Gasteiger charge is 2.23. The SMILES string of the molecule is CC(=CC(=O)Nc1cccc(CON=C(c2ccccc2)c2nnnn2C)n1)C1CC1. The van der Waals surface area contributed by atoms with Crippen LogP contribution in [0.15, 0.2) is 65.3 Å². The maximum absolute atomic E-state index is 12.2. The Kier molecular flexibility index (Phi) is 6.11. The third-order valence-electron chi connectivity index (χ3n) is 4.89. The Morgan fingerprint density at radius 3 is 2.74 bits per heavy atom. The number of allylic oxidation sites excluding steroid dienone is 1. The normalized spacial score (nSPS) is 14.4. The van der Waals surface area contributed by atoms with Crippen LogP contribution in [0.4, 0.5) is 5.82 Å². The van der Waals surface area contributed by atoms with Crippen molar-refractivity contribution in [1.29, 1.82) is 0 Å². The zero-order chi connectivity index (χ0) is 21.6. The number of carbonyl (C=O) groups is 1. The molecule has 1 aliphatic carbocycles. The average Bonchev–Trinajstić information content (AvgIpc) is 3.54. The summed E-state index contributed by atoms with van der Waals surface area (Å²) in [7, 11) is 1.74. The molecule has 2 heterocycles. The van der Waals surface area contributed by atoms with E-state index >= 15 is 0 Å². The van der Waals surface area contributed by atoms with E-state index < -0.39 is 0 Å². The summed E-state index contributed by atoms with van der Waals surface area (Å²) in [5.41, 5.74) is 3.08. The van der Waals surface area contributed by atoms with Crippen molar-refractivity contribution in [1.82, 2.24) is 25.2 Å². The Labute approximate surface area is 179 Å². The van der Waals surface area contributed by atoms with E-state index in [9.17, 15) is 4.79 Å². The van der Waals surface area contributed by atoms with Crippen molar-refractivity contribution in [3.8, 4) is 0 Å². The Bertz CT molecular complexity index is 1120. The lowest BCUT2D eigenvalue weighted by Gasteiger charge is -2.07. The van der Waals surface area contributed by atoms with Gasteiger partial charge in [-0.25, -0.2) is 9.67 Å². The predicted molar refractivity (Wildman–Crippen MR) is 115 cm³/mol. The zero-order valence-corrected chi connectivity index (χ0v) is 17.4. The van der Waals surface area contributed by atoms with Crippen LogP contribution in [0.2, 0.25) is 0 Å². The molecule has 0 spiro atoms. The number of amides is 1. The van der Waals surface area contributed by atoms with E-state index in [1.54, 1.807) is 19.2 Å². The van der Waals surface area contributed by atoms with Gasteiger partial charge in [0.15, 0.2) is 12.3 Å². The first-order chi connectivity index (χ1) is 15.1. The number of rotatable bonds is 8. The molecular weight excluding hydrogens is 394 g/mol. The van der Waals surface area contributed by atoms with Gasteiger partial charge in [-0.15, -0.1) is 5.10 Å². The van der Waals surface area contributed by atoms with Gasteiger partial charge in [0.25, 0.3) is 0 Å². The molecular formula is C22H23N7O2. The van der Waals surface area contributed by atoms with Gasteiger partial charge >= 0.3 is 0 Å². The highest BCUT2D eigenvalue weighted by molar-refractivity contribution is 6.10. The summed E-state index contributed by atoms with van der Waals surface area (Å²) in [5.74, 6) is 1.34. The van der Waals surface area contributed by atoms with E-state index in [0.29, 0.717) is 29.0 Å². The van der Waals surface area contributed by atoms with Crippen molar-refractivity contribution >= 4 is 17.4 Å². The maximum atomic E-state index is 12.2. The quantitative estimate of drug-likeness (QED) is 0.343. The summed E-state index contributed by atoms with van der Waals surface area (Å²) in [6.07, 6.45) is 3.97. The van der Waals surface area contributed by atoms with Crippen LogP contribution in [0.25, 0.3) is 0 Å². The van der Waals surface area contributed by atoms with Gasteiger partial charge in [-0.05, 0) is 48.2 Å². The first-order valence-electron chi connectivity index (χ1n) is 10.0. The molecule has 1 amide bonds. The lowest BCUT2D eigenvalue weighted by molar-refractivity contribution is -0.112. The van der Waals surface area contributed by atoms with Crippen LogP contribution in [0, 0.1) is 5.92 Å². The fraction of sp³-hybridized carbons (Fsp3) is 0.273. The summed E-state index contributed by atoms with van der Waals surface area (Å²) in [6, 6.07) is 14.9. The molecule has 9 nitrogen and oxygen atoms in total. The first-order valence-corrected chi connectivity index (χ1v) is 10.0. The van der Waals surface area contributed by atoms with Gasteiger partial charge in [0.1, 0.15) is 5.82 Å². The van der Waals surface area contributed by atoms with Gasteiger partial charge in [0.05, 0.1) is 5.69 Å². The van der Waals surface area contributed by atoms with E-state index in [2.05, 4.69) is 31.0 Å². The van der Waals surface area contributed by atoms with Crippen LogP contribution < -0.4 is 5.32 Å². The summed E-state index contributed by atoms with van der Waals surface area (Å²) in [4.78, 5) is 22.2. The van der Waals surface area contributed by atoms with Gasteiger partial charge in [0, 0.05) is 18.7 Å². The summed E-state index contributed by atoms with van der Waals surface area (Å²) in [6.45, 7) is 2.12. The number of pyridine rings is 1. The second-order valence-electron chi connectivity index (χ2n) is 7.37. The minimum absolute atomic E-state index is 0.127. The van der Waals surface area contributed by atoms with Gasteiger partial charge in [-0.1, -0.05) is 47.1 Å². The van der Waals surface area contributed by atoms with E-state index in [-0.39, 0.29) is 12.5 Å². The molecule has 1 fully saturated rings. The highest BCUT2D eigenvalue weighted by Crippen LogP contribution is 2.35. The Hall–Kier alpha value is -3.88. The third-order valence-corrected chi connectivity index (χ3v) is 4.89. The molecule has 0 bridgehead atoms. The molecule has 1 aromatic carbocycles. The van der Waals surface area contributed by atoms with Crippen molar-refractivity contribution in [2.24, 2.45) is 18.1 Å². The topological polar surface area (TPSA) is 107 Å². The minimum atomic E-state index is -0.172. The van der Waals surface area contributed by atoms with Crippen molar-refractivity contribution in [3.05, 3.63) is 77.3 Å². The number of oxime groups is 1. The third kappa shape index (κ3) is 5.39. The number of anilines is 1. The van der Waals surface area contributed by atoms with Crippen LogP contribution in [-0.4, -0.2) is 36.8 Å². The number of aromatic nitrogens is 5. The number of carbonyl (C=O) groups excluding carboxylic acids is 1. The standard InChI is InChI=1S/C22H23N7O2/c1-15(16-11-12-16)13-20(30)24-19-10-6-9-18(23-19)14-31-26-21(17-7-4-3-5-8-17)22-25-27-28-29(22)2/h3-10,13,16H,11-12,14H2,1-2H3,(H,23,24,30). The Morgan fingerprint density at radius 1 is 1.23 bits per heavy atom. The molecule has 3 aromatic rings. The summed E-state index contributed by atoms with van der Waals surface area (Å²) < 4.78 is 1.53. The van der Waals surface area contributed by atoms with Gasteiger partial charge in [-0.3, -0.25) is 4.79 Å². The fourth-order valence-corrected chi connectivity index (χ4v) is 3.07. The molecule has 1 aliphatic rings. The van der Waals surface area contributed by atoms with Crippen molar-refractivity contribution in [2.45, 2.75) is 26.4 Å². The van der Waals surface area contributed by atoms with Gasteiger partial charge < -0.3 is 10.2 Å². The highest BCUT2D eigenvalue weighted by atomic mass is 16.6. The van der Waals surface area contributed by atoms with Crippen LogP contribution in [-0.2, 0) is 23.3 Å². The monoisotopic (exact) mass is 417 g/mol. The summed E-state index contributed by atoms with van der Waals surface area (Å²) >= 11 is 0. The summed E-state index contributed by atoms with van der Waals surface area (Å²) in [5, 5.41) is 18.6. The molecule has 0 radical (unpaired) electrons. The first kappa shape index (κ1) is 20.4. The number of hydrogen-bond acceptors (Lipinski definition) is 7. The molecule has 1 saturated carbocycles. The maximum Gasteiger partial charge on any atom is 0.249 e. The molecule has 4 rings (SSSR count). The number of tetrazole rings is 1. The van der Waals surface area contributed by atoms with Crippen LogP contribution in [0.5, 0.6) is 0 Å². The number of nitrogens with one attached hydrogen (secondary N) is 1. The number of hydrogen-bond donors (Lipinski definition) is 1. The molecule has 9 heteroatoms. The second-order valence-corrected chi connectivity index (χ2v) is 7.37. The van der Waals surface area contributed by atoms with Crippen LogP contribution in [0.3, 0.4) is 0 Å². The second kappa shape index (κ2) is 9.29. The molecule has 0 aliphatic heterocycles. The fourth-order valence-electron chi connectivity index (χ4n) is 3.07. The molecule has 0 atom stereocenters. The average molecular weight is 417 g/mol. The molecule has 158 valence electrons. The van der Waals surface area contributed by atoms with Crippen molar-refractivity contribution in [3.63, 3.8) is 0 Å². The molecule has 1 N–H and O–H groups in total. The van der Waals surface area contributed by atoms with Crippen molar-refractivity contribution in [2.75, 3.05) is 5.32 Å². The number of nitrogens with zero attached hydrogens (tertiary/aromatic N) is 6. The van der Waals surface area contributed by atoms with E-state index in [1.165, 1.54) is 4.68 Å². The number of aryl methyl sites for hydroxylation is 1. The van der Waals surface area contributed by atoms with E-state index in [1.807, 2.05) is 49.4 Å². The van der Waals surface area contributed by atoms with E-state index in [0.717, 1.165) is 24.0 Å². The molecule has 2 aromatic heterocycles. The Balaban J connectivity index is 1.44. The van der Waals surface area contributed by atoms with Crippen LogP contribution in [0.1, 0.15) is 36.8 Å². The molecule has 31 heavy (non-hydrogen) atoms. The molecule has 0 saturated heterocycles. The van der Waals surface area contributed by atoms with Gasteiger partial charge in [-0.2, -0.15) is 0 Å². The largest absolute Gasteiger partial charge is 0.389 e. The smallest absolute Gasteiger partial charge is 0.249 e. The lowest BCUT2D eigenvalue weighted by atomic mass is 10.1. The predicted octanol–water partition coefficient (Wildman–Crippen LogP) is 2.87. The number of benzene rings is 1. The van der Waals surface area contributed by atoms with Gasteiger partial charge in [0.2, 0.25) is 11.7 Å². The van der Waals surface area contributed by atoms with Crippen LogP contribution >= 0.6 is 0 Å². The molecule has 0 unspecified atom stereocenters. The van der Waals surface area contributed by atoms with Crippen molar-refractivity contribution < 1.29 is 9.63 Å².